The summed E-state index contributed by atoms with van der Waals surface area (Å²) in [5.74, 6) is 1.46. The van der Waals surface area contributed by atoms with Crippen LogP contribution in [0.4, 0.5) is 0 Å². The maximum atomic E-state index is 12.3. The molecule has 1 aliphatic heterocycles. The molecule has 0 fully saturated rings. The molecule has 158 valence electrons. The summed E-state index contributed by atoms with van der Waals surface area (Å²) in [4.78, 5) is 26.1. The van der Waals surface area contributed by atoms with Crippen molar-refractivity contribution in [3.8, 4) is 17.2 Å². The Morgan fingerprint density at radius 3 is 2.77 bits per heavy atom. The molecule has 0 bridgehead atoms. The number of halogens is 1. The quantitative estimate of drug-likeness (QED) is 0.683. The molecule has 2 aromatic carbocycles. The summed E-state index contributed by atoms with van der Waals surface area (Å²) in [6.45, 7) is 1.02. The molecule has 30 heavy (non-hydrogen) atoms. The van der Waals surface area contributed by atoms with Gasteiger partial charge in [-0.2, -0.15) is 0 Å². The van der Waals surface area contributed by atoms with Crippen LogP contribution in [0.3, 0.4) is 0 Å². The van der Waals surface area contributed by atoms with Crippen molar-refractivity contribution in [3.63, 3.8) is 0 Å². The van der Waals surface area contributed by atoms with E-state index in [0.717, 1.165) is 11.1 Å². The number of ether oxygens (including phenoxy) is 3. The van der Waals surface area contributed by atoms with Crippen molar-refractivity contribution in [3.05, 3.63) is 58.6 Å². The fraction of sp³-hybridized carbons (Fsp3) is 0.273. The van der Waals surface area contributed by atoms with Gasteiger partial charge >= 0.3 is 0 Å². The summed E-state index contributed by atoms with van der Waals surface area (Å²) in [7, 11) is 3.12. The lowest BCUT2D eigenvalue weighted by molar-refractivity contribution is -0.133. The van der Waals surface area contributed by atoms with E-state index in [-0.39, 0.29) is 18.4 Å². The fourth-order valence-corrected chi connectivity index (χ4v) is 3.24. The molecule has 0 aliphatic carbocycles. The normalized spacial score (nSPS) is 13.4. The van der Waals surface area contributed by atoms with Crippen molar-refractivity contribution in [1.29, 1.82) is 0 Å². The first-order chi connectivity index (χ1) is 14.5. The summed E-state index contributed by atoms with van der Waals surface area (Å²) >= 11 is 6.04. The molecule has 7 nitrogen and oxygen atoms in total. The molecule has 0 spiro atoms. The minimum Gasteiger partial charge on any atom is -0.493 e. The number of amides is 2. The number of carbonyl (C=O) groups excluding carboxylic acids is 2. The highest BCUT2D eigenvalue weighted by atomic mass is 35.5. The van der Waals surface area contributed by atoms with Gasteiger partial charge in [0.05, 0.1) is 14.2 Å². The minimum absolute atomic E-state index is 0.0399. The topological polar surface area (TPSA) is 77.1 Å². The Kier molecular flexibility index (Phi) is 7.19. The lowest BCUT2D eigenvalue weighted by atomic mass is 10.2. The second-order valence-corrected chi connectivity index (χ2v) is 7.03. The first-order valence-electron chi connectivity index (χ1n) is 9.37. The van der Waals surface area contributed by atoms with Crippen LogP contribution in [0.5, 0.6) is 17.2 Å². The molecule has 0 atom stereocenters. The number of methoxy groups -OCH3 is 2. The Labute approximate surface area is 180 Å². The molecule has 1 N–H and O–H groups in total. The van der Waals surface area contributed by atoms with Crippen LogP contribution >= 0.6 is 11.6 Å². The van der Waals surface area contributed by atoms with Crippen LogP contribution in [0.1, 0.15) is 11.1 Å². The SMILES string of the molecule is COc1ccc(C=CC(=O)NCCN2Cc3cc(Cl)ccc3OCC2=O)cc1OC. The van der Waals surface area contributed by atoms with Crippen molar-refractivity contribution in [2.45, 2.75) is 6.54 Å². The average molecular weight is 431 g/mol. The predicted molar refractivity (Wildman–Crippen MR) is 114 cm³/mol. The third kappa shape index (κ3) is 5.45. The summed E-state index contributed by atoms with van der Waals surface area (Å²) in [5.41, 5.74) is 1.64. The summed E-state index contributed by atoms with van der Waals surface area (Å²) in [6.07, 6.45) is 3.12. The Morgan fingerprint density at radius 2 is 2.00 bits per heavy atom. The molecule has 0 saturated carbocycles. The Morgan fingerprint density at radius 1 is 1.20 bits per heavy atom. The second kappa shape index (κ2) is 10.0. The van der Waals surface area contributed by atoms with Crippen molar-refractivity contribution in [2.24, 2.45) is 0 Å². The average Bonchev–Trinajstić information content (AvgIpc) is 2.90. The van der Waals surface area contributed by atoms with Crippen LogP contribution in [0.2, 0.25) is 5.02 Å². The Balaban J connectivity index is 1.53. The Bertz CT molecular complexity index is 961. The van der Waals surface area contributed by atoms with E-state index in [0.29, 0.717) is 41.9 Å². The van der Waals surface area contributed by atoms with Gasteiger partial charge in [0.2, 0.25) is 5.91 Å². The van der Waals surface area contributed by atoms with Gasteiger partial charge in [-0.3, -0.25) is 9.59 Å². The van der Waals surface area contributed by atoms with Gasteiger partial charge in [0.25, 0.3) is 5.91 Å². The zero-order valence-electron chi connectivity index (χ0n) is 16.8. The van der Waals surface area contributed by atoms with Crippen LogP contribution in [0, 0.1) is 0 Å². The molecular weight excluding hydrogens is 408 g/mol. The van der Waals surface area contributed by atoms with Gasteiger partial charge in [0.15, 0.2) is 18.1 Å². The number of hydrogen-bond donors (Lipinski definition) is 1. The van der Waals surface area contributed by atoms with E-state index in [2.05, 4.69) is 5.32 Å². The van der Waals surface area contributed by atoms with Crippen LogP contribution < -0.4 is 19.5 Å². The number of rotatable bonds is 7. The summed E-state index contributed by atoms with van der Waals surface area (Å²) in [6, 6.07) is 10.6. The van der Waals surface area contributed by atoms with Gasteiger partial charge < -0.3 is 24.4 Å². The number of hydrogen-bond acceptors (Lipinski definition) is 5. The number of benzene rings is 2. The van der Waals surface area contributed by atoms with E-state index in [1.54, 1.807) is 55.5 Å². The van der Waals surface area contributed by atoms with E-state index in [1.165, 1.54) is 6.08 Å². The highest BCUT2D eigenvalue weighted by Crippen LogP contribution is 2.28. The maximum absolute atomic E-state index is 12.3. The van der Waals surface area contributed by atoms with E-state index in [4.69, 9.17) is 25.8 Å². The fourth-order valence-electron chi connectivity index (χ4n) is 3.04. The summed E-state index contributed by atoms with van der Waals surface area (Å²) < 4.78 is 16.0. The molecular formula is C22H23ClN2O5. The molecule has 0 unspecified atom stereocenters. The molecule has 0 saturated heterocycles. The monoisotopic (exact) mass is 430 g/mol. The van der Waals surface area contributed by atoms with E-state index in [1.807, 2.05) is 6.07 Å². The smallest absolute Gasteiger partial charge is 0.260 e. The molecule has 1 aliphatic rings. The van der Waals surface area contributed by atoms with E-state index in [9.17, 15) is 9.59 Å². The Hall–Kier alpha value is -3.19. The third-order valence-corrected chi connectivity index (χ3v) is 4.84. The molecule has 0 aromatic heterocycles. The molecule has 2 aromatic rings. The van der Waals surface area contributed by atoms with Crippen molar-refractivity contribution < 1.29 is 23.8 Å². The number of carbonyl (C=O) groups is 2. The van der Waals surface area contributed by atoms with Gasteiger partial charge in [-0.25, -0.2) is 0 Å². The molecule has 8 heteroatoms. The maximum Gasteiger partial charge on any atom is 0.260 e. The predicted octanol–water partition coefficient (Wildman–Crippen LogP) is 2.91. The van der Waals surface area contributed by atoms with Crippen molar-refractivity contribution >= 4 is 29.5 Å². The third-order valence-electron chi connectivity index (χ3n) is 4.60. The zero-order valence-corrected chi connectivity index (χ0v) is 17.6. The largest absolute Gasteiger partial charge is 0.493 e. The molecule has 1 heterocycles. The minimum atomic E-state index is -0.258. The van der Waals surface area contributed by atoms with E-state index < -0.39 is 0 Å². The molecule has 2 amide bonds. The van der Waals surface area contributed by atoms with E-state index >= 15 is 0 Å². The first-order valence-corrected chi connectivity index (χ1v) is 9.75. The lowest BCUT2D eigenvalue weighted by Gasteiger charge is -2.20. The zero-order chi connectivity index (χ0) is 21.5. The summed E-state index contributed by atoms with van der Waals surface area (Å²) in [5, 5.41) is 3.37. The molecule has 3 rings (SSSR count). The van der Waals surface area contributed by atoms with Crippen LogP contribution in [-0.4, -0.2) is 50.6 Å². The lowest BCUT2D eigenvalue weighted by Crippen LogP contribution is -2.38. The number of nitrogens with zero attached hydrogens (tertiary/aromatic N) is 1. The van der Waals surface area contributed by atoms with Gasteiger partial charge in [-0.15, -0.1) is 0 Å². The van der Waals surface area contributed by atoms with Crippen LogP contribution in [0.25, 0.3) is 6.08 Å². The number of nitrogens with one attached hydrogen (secondary N) is 1. The van der Waals surface area contributed by atoms with Gasteiger partial charge in [0.1, 0.15) is 5.75 Å². The highest BCUT2D eigenvalue weighted by molar-refractivity contribution is 6.30. The van der Waals surface area contributed by atoms with Crippen LogP contribution in [0.15, 0.2) is 42.5 Å². The van der Waals surface area contributed by atoms with Gasteiger partial charge in [0, 0.05) is 36.3 Å². The highest BCUT2D eigenvalue weighted by Gasteiger charge is 2.21. The van der Waals surface area contributed by atoms with Crippen molar-refractivity contribution in [1.82, 2.24) is 10.2 Å². The van der Waals surface area contributed by atoms with Crippen LogP contribution in [-0.2, 0) is 16.1 Å². The number of fused-ring (bicyclic) bond motifs is 1. The second-order valence-electron chi connectivity index (χ2n) is 6.59. The molecule has 0 radical (unpaired) electrons. The van der Waals surface area contributed by atoms with Crippen molar-refractivity contribution in [2.75, 3.05) is 33.9 Å². The first kappa shape index (κ1) is 21.5. The standard InChI is InChI=1S/C22H23ClN2O5/c1-28-19-6-3-15(11-20(19)29-2)4-8-21(26)24-9-10-25-13-16-12-17(23)5-7-18(16)30-14-22(25)27/h3-8,11-12H,9-10,13-14H2,1-2H3,(H,24,26). The van der Waals surface area contributed by atoms with Gasteiger partial charge in [-0.05, 0) is 42.0 Å². The van der Waals surface area contributed by atoms with Gasteiger partial charge in [-0.1, -0.05) is 17.7 Å².